The third-order valence-electron chi connectivity index (χ3n) is 5.26. The number of hydrogen-bond donors (Lipinski definition) is 0. The van der Waals surface area contributed by atoms with Crippen molar-refractivity contribution in [3.63, 3.8) is 0 Å². The number of benzene rings is 3. The lowest BCUT2D eigenvalue weighted by atomic mass is 9.96. The molecule has 0 radical (unpaired) electrons. The molecule has 2 N–H and O–H groups in total. The molecule has 0 aliphatic carbocycles. The van der Waals surface area contributed by atoms with Crippen LogP contribution in [0, 0.1) is 0 Å². The Bertz CT molecular complexity index is 1050. The smallest absolute Gasteiger partial charge is 0.217 e. The molecule has 5 rings (SSSR count). The summed E-state index contributed by atoms with van der Waals surface area (Å²) >= 11 is 3.60. The van der Waals surface area contributed by atoms with Crippen molar-refractivity contribution in [1.29, 1.82) is 0 Å². The molecular formula is C23H21BrN2O3. The van der Waals surface area contributed by atoms with E-state index in [-0.39, 0.29) is 17.7 Å². The first-order valence-electron chi connectivity index (χ1n) is 9.25. The molecular weight excluding hydrogens is 432 g/mol. The van der Waals surface area contributed by atoms with Gasteiger partial charge in [-0.25, -0.2) is 5.01 Å². The highest BCUT2D eigenvalue weighted by molar-refractivity contribution is 9.10. The molecule has 0 amide bonds. The summed E-state index contributed by atoms with van der Waals surface area (Å²) < 4.78 is 13.1. The summed E-state index contributed by atoms with van der Waals surface area (Å²) in [6.07, 6.45) is 0.499. The second-order valence-corrected chi connectivity index (χ2v) is 7.82. The Labute approximate surface area is 178 Å². The zero-order valence-electron chi connectivity index (χ0n) is 15.9. The van der Waals surface area contributed by atoms with Crippen molar-refractivity contribution in [2.24, 2.45) is 5.10 Å². The molecule has 0 saturated heterocycles. The van der Waals surface area contributed by atoms with Gasteiger partial charge in [-0.05, 0) is 35.9 Å². The maximum atomic E-state index is 6.43. The van der Waals surface area contributed by atoms with Crippen LogP contribution in [0.25, 0.3) is 0 Å². The van der Waals surface area contributed by atoms with Gasteiger partial charge in [0.2, 0.25) is 6.23 Å². The monoisotopic (exact) mass is 452 g/mol. The lowest BCUT2D eigenvalue weighted by Crippen LogP contribution is -2.34. The van der Waals surface area contributed by atoms with Gasteiger partial charge in [0.25, 0.3) is 0 Å². The van der Waals surface area contributed by atoms with E-state index in [1.165, 1.54) is 0 Å². The van der Waals surface area contributed by atoms with Gasteiger partial charge >= 0.3 is 0 Å². The van der Waals surface area contributed by atoms with Crippen molar-refractivity contribution < 1.29 is 14.9 Å². The van der Waals surface area contributed by atoms with Crippen LogP contribution in [0.3, 0.4) is 0 Å². The fraction of sp³-hybridized carbons (Fsp3) is 0.174. The van der Waals surface area contributed by atoms with E-state index in [1.807, 2.05) is 54.6 Å². The lowest BCUT2D eigenvalue weighted by molar-refractivity contribution is -0.0203. The van der Waals surface area contributed by atoms with Crippen LogP contribution in [0.4, 0.5) is 0 Å². The first-order valence-corrected chi connectivity index (χ1v) is 10.0. The first-order chi connectivity index (χ1) is 13.7. The Kier molecular flexibility index (Phi) is 5.30. The molecule has 0 saturated carbocycles. The molecule has 3 aromatic rings. The summed E-state index contributed by atoms with van der Waals surface area (Å²) in [5.74, 6) is 1.69. The minimum Gasteiger partial charge on any atom is -0.496 e. The number of hydrazone groups is 1. The molecule has 29 heavy (non-hydrogen) atoms. The number of halogens is 1. The summed E-state index contributed by atoms with van der Waals surface area (Å²) in [6, 6.07) is 24.6. The van der Waals surface area contributed by atoms with Crippen molar-refractivity contribution in [2.45, 2.75) is 18.7 Å². The average Bonchev–Trinajstić information content (AvgIpc) is 3.20. The van der Waals surface area contributed by atoms with Crippen LogP contribution in [0.2, 0.25) is 0 Å². The van der Waals surface area contributed by atoms with Crippen LogP contribution in [0.5, 0.6) is 11.5 Å². The molecule has 0 bridgehead atoms. The number of nitrogens with zero attached hydrogens (tertiary/aromatic N) is 2. The molecule has 2 heterocycles. The molecule has 6 heteroatoms. The van der Waals surface area contributed by atoms with Crippen LogP contribution in [-0.4, -0.2) is 23.3 Å². The zero-order chi connectivity index (χ0) is 19.1. The van der Waals surface area contributed by atoms with Crippen molar-refractivity contribution >= 4 is 21.6 Å². The molecule has 0 fully saturated rings. The first kappa shape index (κ1) is 19.5. The van der Waals surface area contributed by atoms with Crippen molar-refractivity contribution in [3.8, 4) is 11.5 Å². The fourth-order valence-electron chi connectivity index (χ4n) is 3.94. The third-order valence-corrected chi connectivity index (χ3v) is 5.76. The van der Waals surface area contributed by atoms with E-state index in [1.54, 1.807) is 7.11 Å². The van der Waals surface area contributed by atoms with Crippen LogP contribution >= 0.6 is 15.9 Å². The van der Waals surface area contributed by atoms with E-state index in [0.717, 1.165) is 44.8 Å². The van der Waals surface area contributed by atoms with Crippen molar-refractivity contribution in [1.82, 2.24) is 5.01 Å². The van der Waals surface area contributed by atoms with Gasteiger partial charge in [0.15, 0.2) is 0 Å². The third kappa shape index (κ3) is 3.39. The molecule has 2 aliphatic rings. The summed E-state index contributed by atoms with van der Waals surface area (Å²) in [5, 5.41) is 7.07. The summed E-state index contributed by atoms with van der Waals surface area (Å²) in [4.78, 5) is 0. The number of para-hydroxylation sites is 1. The molecule has 148 valence electrons. The van der Waals surface area contributed by atoms with E-state index in [9.17, 15) is 0 Å². The summed E-state index contributed by atoms with van der Waals surface area (Å²) in [7, 11) is 1.69. The quantitative estimate of drug-likeness (QED) is 0.568. The lowest BCUT2D eigenvalue weighted by Gasteiger charge is -2.38. The molecule has 2 atom stereocenters. The minimum absolute atomic E-state index is 0. The van der Waals surface area contributed by atoms with Gasteiger partial charge in [0, 0.05) is 16.5 Å². The van der Waals surface area contributed by atoms with E-state index in [2.05, 4.69) is 39.1 Å². The number of fused-ring (bicyclic) bond motifs is 3. The van der Waals surface area contributed by atoms with Gasteiger partial charge < -0.3 is 14.9 Å². The Morgan fingerprint density at radius 1 is 1.00 bits per heavy atom. The Morgan fingerprint density at radius 3 is 2.55 bits per heavy atom. The predicted molar refractivity (Wildman–Crippen MR) is 116 cm³/mol. The van der Waals surface area contributed by atoms with Crippen LogP contribution in [0.1, 0.15) is 35.4 Å². The van der Waals surface area contributed by atoms with Crippen LogP contribution < -0.4 is 9.47 Å². The van der Waals surface area contributed by atoms with Gasteiger partial charge in [-0.3, -0.25) is 0 Å². The summed E-state index contributed by atoms with van der Waals surface area (Å²) in [5.41, 5.74) is 4.34. The van der Waals surface area contributed by atoms with Gasteiger partial charge in [0.1, 0.15) is 11.5 Å². The van der Waals surface area contributed by atoms with Crippen molar-refractivity contribution in [2.75, 3.05) is 7.11 Å². The van der Waals surface area contributed by atoms with Crippen LogP contribution in [-0.2, 0) is 0 Å². The standard InChI is InChI=1S/C23H19BrN2O2.H2O/c1-27-21-10-6-5-9-17(21)23-26-20(18-13-16(24)11-12-22(18)28-23)14-19(25-26)15-7-3-2-4-8-15;/h2-13,20,23H,14H2,1H3;1H2. The predicted octanol–water partition coefficient (Wildman–Crippen LogP) is 4.88. The normalized spacial score (nSPS) is 19.4. The average molecular weight is 453 g/mol. The van der Waals surface area contributed by atoms with Gasteiger partial charge in [-0.2, -0.15) is 5.10 Å². The fourth-order valence-corrected chi connectivity index (χ4v) is 4.32. The topological polar surface area (TPSA) is 65.6 Å². The van der Waals surface area contributed by atoms with E-state index < -0.39 is 0 Å². The van der Waals surface area contributed by atoms with Crippen LogP contribution in [0.15, 0.2) is 82.4 Å². The Morgan fingerprint density at radius 2 is 1.76 bits per heavy atom. The largest absolute Gasteiger partial charge is 0.496 e. The number of methoxy groups -OCH3 is 1. The van der Waals surface area contributed by atoms with Crippen molar-refractivity contribution in [3.05, 3.63) is 94.0 Å². The van der Waals surface area contributed by atoms with Gasteiger partial charge in [-0.1, -0.05) is 58.4 Å². The maximum Gasteiger partial charge on any atom is 0.217 e. The van der Waals surface area contributed by atoms with E-state index in [4.69, 9.17) is 14.6 Å². The second kappa shape index (κ2) is 7.89. The number of hydrogen-bond acceptors (Lipinski definition) is 4. The SMILES string of the molecule is COc1ccccc1C1Oc2ccc(Br)cc2C2CC(c3ccccc3)=NN21.O. The Hall–Kier alpha value is -2.83. The molecule has 3 aromatic carbocycles. The molecule has 2 aliphatic heterocycles. The van der Waals surface area contributed by atoms with Gasteiger partial charge in [-0.15, -0.1) is 0 Å². The second-order valence-electron chi connectivity index (χ2n) is 6.91. The Balaban J connectivity index is 0.00000205. The molecule has 0 aromatic heterocycles. The molecule has 2 unspecified atom stereocenters. The number of rotatable bonds is 3. The maximum absolute atomic E-state index is 6.43. The zero-order valence-corrected chi connectivity index (χ0v) is 17.5. The number of ether oxygens (including phenoxy) is 2. The summed E-state index contributed by atoms with van der Waals surface area (Å²) in [6.45, 7) is 0. The van der Waals surface area contributed by atoms with Gasteiger partial charge in [0.05, 0.1) is 24.4 Å². The molecule has 0 spiro atoms. The highest BCUT2D eigenvalue weighted by Gasteiger charge is 2.41. The molecule has 5 nitrogen and oxygen atoms in total. The highest BCUT2D eigenvalue weighted by Crippen LogP contribution is 2.49. The minimum atomic E-state index is -0.337. The van der Waals surface area contributed by atoms with E-state index >= 15 is 0 Å². The van der Waals surface area contributed by atoms with E-state index in [0.29, 0.717) is 0 Å². The highest BCUT2D eigenvalue weighted by atomic mass is 79.9.